The predicted octanol–water partition coefficient (Wildman–Crippen LogP) is 2.17. The largest absolute Gasteiger partial charge is 0.487 e. The molecule has 1 aromatic carbocycles. The van der Waals surface area contributed by atoms with Gasteiger partial charge in [-0.15, -0.1) is 11.3 Å². The van der Waals surface area contributed by atoms with Crippen molar-refractivity contribution in [2.45, 2.75) is 17.8 Å². The molecule has 9 heteroatoms. The molecule has 2 aromatic heterocycles. The second kappa shape index (κ2) is 7.71. The Morgan fingerprint density at radius 1 is 1.19 bits per heavy atom. The summed E-state index contributed by atoms with van der Waals surface area (Å²) >= 11 is 1.00. The highest BCUT2D eigenvalue weighted by Gasteiger charge is 2.20. The molecule has 0 aliphatic carbocycles. The van der Waals surface area contributed by atoms with Crippen LogP contribution in [0.3, 0.4) is 0 Å². The fourth-order valence-electron chi connectivity index (χ4n) is 2.23. The van der Waals surface area contributed by atoms with E-state index >= 15 is 0 Å². The maximum Gasteiger partial charge on any atom is 0.366 e. The normalized spacial score (nSPS) is 11.3. The van der Waals surface area contributed by atoms with Crippen LogP contribution in [0, 0.1) is 6.92 Å². The molecule has 0 atom stereocenters. The van der Waals surface area contributed by atoms with Crippen LogP contribution >= 0.6 is 11.3 Å². The Kier molecular flexibility index (Phi) is 5.38. The molecule has 3 aromatic rings. The van der Waals surface area contributed by atoms with Crippen LogP contribution in [-0.2, 0) is 16.7 Å². The van der Waals surface area contributed by atoms with Gasteiger partial charge in [0.1, 0.15) is 18.1 Å². The molecule has 0 amide bonds. The van der Waals surface area contributed by atoms with Crippen molar-refractivity contribution in [3.8, 4) is 11.5 Å². The minimum Gasteiger partial charge on any atom is -0.487 e. The average Bonchev–Trinajstić information content (AvgIpc) is 3.11. The number of hydrogen-bond donors (Lipinski definition) is 1. The molecule has 3 rings (SSSR count). The molecule has 0 aliphatic heterocycles. The van der Waals surface area contributed by atoms with Gasteiger partial charge < -0.3 is 14.7 Å². The molecule has 0 saturated heterocycles. The Morgan fingerprint density at radius 3 is 2.62 bits per heavy atom. The summed E-state index contributed by atoms with van der Waals surface area (Å²) in [6.07, 6.45) is 5.15. The molecule has 0 saturated carbocycles. The minimum atomic E-state index is -3.94. The molecular weight excluding hydrogens is 374 g/mol. The zero-order valence-electron chi connectivity index (χ0n) is 14.0. The van der Waals surface area contributed by atoms with Crippen LogP contribution in [0.1, 0.15) is 5.56 Å². The number of rotatable bonds is 7. The Morgan fingerprint density at radius 2 is 1.92 bits per heavy atom. The van der Waals surface area contributed by atoms with Crippen LogP contribution in [0.15, 0.2) is 58.6 Å². The van der Waals surface area contributed by atoms with Crippen molar-refractivity contribution in [1.82, 2.24) is 4.98 Å². The Bertz CT molecular complexity index is 972. The lowest BCUT2D eigenvalue weighted by Crippen LogP contribution is -2.35. The van der Waals surface area contributed by atoms with Gasteiger partial charge in [0.2, 0.25) is 4.34 Å². The Balaban J connectivity index is 1.66. The number of thiazole rings is 1. The van der Waals surface area contributed by atoms with Crippen molar-refractivity contribution in [2.24, 2.45) is 0 Å². The van der Waals surface area contributed by atoms with Crippen LogP contribution in [0.5, 0.6) is 11.5 Å². The summed E-state index contributed by atoms with van der Waals surface area (Å²) in [7, 11) is -3.94. The van der Waals surface area contributed by atoms with Gasteiger partial charge in [-0.2, -0.15) is 8.42 Å². The standard InChI is InChI=1S/C17H17N3O4S2/c1-13-10-15(23-8-7-20-5-2-14(18)3-6-20)12-16(11-13)24-26(21,22)17-19-4-9-25-17/h2-6,9-12,18H,7-8H2,1H3/p+1. The molecule has 0 radical (unpaired) electrons. The second-order valence-electron chi connectivity index (χ2n) is 5.54. The maximum atomic E-state index is 12.2. The van der Waals surface area contributed by atoms with Gasteiger partial charge >= 0.3 is 10.1 Å². The highest BCUT2D eigenvalue weighted by molar-refractivity contribution is 7.89. The van der Waals surface area contributed by atoms with Crippen molar-refractivity contribution < 1.29 is 21.9 Å². The quantitative estimate of drug-likeness (QED) is 0.489. The van der Waals surface area contributed by atoms with Crippen LogP contribution in [0.2, 0.25) is 0 Å². The van der Waals surface area contributed by atoms with E-state index in [0.717, 1.165) is 16.9 Å². The molecule has 0 spiro atoms. The van der Waals surface area contributed by atoms with Crippen molar-refractivity contribution in [3.63, 3.8) is 0 Å². The Labute approximate surface area is 155 Å². The van der Waals surface area contributed by atoms with Gasteiger partial charge in [0.15, 0.2) is 18.9 Å². The van der Waals surface area contributed by atoms with Crippen LogP contribution < -0.4 is 19.2 Å². The molecule has 7 nitrogen and oxygen atoms in total. The summed E-state index contributed by atoms with van der Waals surface area (Å²) in [5.41, 5.74) is 7.18. The summed E-state index contributed by atoms with van der Waals surface area (Å²) in [5, 5.41) is 1.58. The number of aryl methyl sites for hydroxylation is 1. The van der Waals surface area contributed by atoms with Gasteiger partial charge in [-0.25, -0.2) is 9.55 Å². The lowest BCUT2D eigenvalue weighted by molar-refractivity contribution is -0.697. The number of aromatic nitrogens is 2. The van der Waals surface area contributed by atoms with Gasteiger partial charge in [-0.3, -0.25) is 0 Å². The van der Waals surface area contributed by atoms with E-state index in [1.165, 1.54) is 6.20 Å². The van der Waals surface area contributed by atoms with E-state index in [-0.39, 0.29) is 10.1 Å². The third-order valence-electron chi connectivity index (χ3n) is 3.39. The summed E-state index contributed by atoms with van der Waals surface area (Å²) in [4.78, 5) is 3.78. The lowest BCUT2D eigenvalue weighted by Gasteiger charge is -2.09. The minimum absolute atomic E-state index is 0.0822. The maximum absolute atomic E-state index is 12.2. The Hall–Kier alpha value is -2.65. The molecule has 2 N–H and O–H groups in total. The van der Waals surface area contributed by atoms with Gasteiger partial charge in [-0.05, 0) is 24.6 Å². The highest BCUT2D eigenvalue weighted by Crippen LogP contribution is 2.26. The lowest BCUT2D eigenvalue weighted by atomic mass is 10.2. The van der Waals surface area contributed by atoms with Crippen LogP contribution in [0.4, 0.5) is 5.69 Å². The zero-order valence-corrected chi connectivity index (χ0v) is 15.7. The van der Waals surface area contributed by atoms with Gasteiger partial charge in [0, 0.05) is 35.5 Å². The predicted molar refractivity (Wildman–Crippen MR) is 97.7 cm³/mol. The molecule has 0 bridgehead atoms. The fourth-order valence-corrected chi connectivity index (χ4v) is 3.94. The number of nitrogens with two attached hydrogens (primary N) is 1. The van der Waals surface area contributed by atoms with E-state index in [1.54, 1.807) is 17.5 Å². The van der Waals surface area contributed by atoms with Crippen molar-refractivity contribution >= 4 is 27.1 Å². The summed E-state index contributed by atoms with van der Waals surface area (Å²) in [6.45, 7) is 2.88. The third kappa shape index (κ3) is 4.70. The van der Waals surface area contributed by atoms with E-state index in [9.17, 15) is 8.42 Å². The van der Waals surface area contributed by atoms with Crippen molar-refractivity contribution in [2.75, 3.05) is 12.3 Å². The van der Waals surface area contributed by atoms with E-state index in [2.05, 4.69) is 4.98 Å². The number of nitrogen functional groups attached to an aromatic ring is 1. The van der Waals surface area contributed by atoms with Crippen LogP contribution in [0.25, 0.3) is 0 Å². The first-order valence-corrected chi connectivity index (χ1v) is 10.0. The van der Waals surface area contributed by atoms with Gasteiger partial charge in [0.05, 0.1) is 0 Å². The topological polar surface area (TPSA) is 95.4 Å². The van der Waals surface area contributed by atoms with Crippen LogP contribution in [-0.4, -0.2) is 20.0 Å². The number of pyridine rings is 1. The van der Waals surface area contributed by atoms with Gasteiger partial charge in [0.25, 0.3) is 0 Å². The highest BCUT2D eigenvalue weighted by atomic mass is 32.3. The molecule has 136 valence electrons. The van der Waals surface area contributed by atoms with Crippen molar-refractivity contribution in [1.29, 1.82) is 0 Å². The van der Waals surface area contributed by atoms with E-state index in [1.807, 2.05) is 42.1 Å². The first-order chi connectivity index (χ1) is 12.4. The monoisotopic (exact) mass is 392 g/mol. The number of anilines is 1. The molecular formula is C17H18N3O4S2+. The third-order valence-corrected chi connectivity index (χ3v) is 5.80. The average molecular weight is 392 g/mol. The molecule has 0 aliphatic rings. The van der Waals surface area contributed by atoms with E-state index < -0.39 is 10.1 Å². The SMILES string of the molecule is Cc1cc(OCC[n+]2ccc(N)cc2)cc(OS(=O)(=O)c2nccs2)c1. The van der Waals surface area contributed by atoms with E-state index in [0.29, 0.717) is 24.6 Å². The first-order valence-electron chi connectivity index (χ1n) is 7.75. The number of benzene rings is 1. The molecule has 0 fully saturated rings. The summed E-state index contributed by atoms with van der Waals surface area (Å²) in [6, 6.07) is 8.61. The smallest absolute Gasteiger partial charge is 0.366 e. The molecule has 2 heterocycles. The van der Waals surface area contributed by atoms with Crippen molar-refractivity contribution in [3.05, 3.63) is 59.9 Å². The zero-order chi connectivity index (χ0) is 18.6. The van der Waals surface area contributed by atoms with Gasteiger partial charge in [-0.1, -0.05) is 0 Å². The number of ether oxygens (including phenoxy) is 1. The fraction of sp³-hybridized carbons (Fsp3) is 0.176. The van der Waals surface area contributed by atoms with E-state index in [4.69, 9.17) is 14.7 Å². The second-order valence-corrected chi connectivity index (χ2v) is 8.15. The molecule has 26 heavy (non-hydrogen) atoms. The summed E-state index contributed by atoms with van der Waals surface area (Å²) < 4.78 is 37.1. The molecule has 0 unspecified atom stereocenters. The number of hydrogen-bond acceptors (Lipinski definition) is 7. The number of nitrogens with zero attached hydrogens (tertiary/aromatic N) is 2. The summed E-state index contributed by atoms with van der Waals surface area (Å²) in [5.74, 6) is 0.723. The first kappa shape index (κ1) is 18.2.